The van der Waals surface area contributed by atoms with Crippen LogP contribution in [-0.4, -0.2) is 18.6 Å². The second-order valence-corrected chi connectivity index (χ2v) is 6.75. The summed E-state index contributed by atoms with van der Waals surface area (Å²) < 4.78 is 25.4. The quantitative estimate of drug-likeness (QED) is 0.892. The summed E-state index contributed by atoms with van der Waals surface area (Å²) in [6.07, 6.45) is 0. The predicted octanol–water partition coefficient (Wildman–Crippen LogP) is 2.86. The molecule has 0 aliphatic rings. The van der Waals surface area contributed by atoms with E-state index in [1.165, 1.54) is 24.3 Å². The molecule has 20 heavy (non-hydrogen) atoms. The Morgan fingerprint density at radius 3 is 2.20 bits per heavy atom. The fourth-order valence-electron chi connectivity index (χ4n) is 2.23. The van der Waals surface area contributed by atoms with Crippen molar-refractivity contribution < 1.29 is 18.6 Å². The van der Waals surface area contributed by atoms with Gasteiger partial charge in [0.1, 0.15) is 11.5 Å². The van der Waals surface area contributed by atoms with E-state index in [2.05, 4.69) is 0 Å². The van der Waals surface area contributed by atoms with Crippen LogP contribution in [0.3, 0.4) is 0 Å². The highest BCUT2D eigenvalue weighted by molar-refractivity contribution is 7.91. The number of rotatable bonds is 2. The molecule has 0 radical (unpaired) electrons. The molecule has 5 heteroatoms. The Bertz CT molecular complexity index is 756. The number of sulfone groups is 1. The van der Waals surface area contributed by atoms with Crippen LogP contribution in [0, 0.1) is 20.8 Å². The van der Waals surface area contributed by atoms with Crippen LogP contribution >= 0.6 is 0 Å². The molecule has 2 aromatic carbocycles. The summed E-state index contributed by atoms with van der Waals surface area (Å²) >= 11 is 0. The van der Waals surface area contributed by atoms with E-state index in [-0.39, 0.29) is 21.3 Å². The summed E-state index contributed by atoms with van der Waals surface area (Å²) in [5.41, 5.74) is 1.52. The van der Waals surface area contributed by atoms with Crippen LogP contribution in [0.5, 0.6) is 11.5 Å². The minimum Gasteiger partial charge on any atom is -0.508 e. The number of hydrogen-bond donors (Lipinski definition) is 2. The number of hydrogen-bond acceptors (Lipinski definition) is 4. The van der Waals surface area contributed by atoms with Gasteiger partial charge in [0, 0.05) is 5.56 Å². The zero-order valence-corrected chi connectivity index (χ0v) is 12.3. The van der Waals surface area contributed by atoms with Crippen LogP contribution in [-0.2, 0) is 9.84 Å². The first kappa shape index (κ1) is 14.4. The number of benzene rings is 2. The first-order valence-corrected chi connectivity index (χ1v) is 7.56. The molecule has 0 saturated carbocycles. The molecular weight excluding hydrogens is 276 g/mol. The highest BCUT2D eigenvalue weighted by atomic mass is 32.2. The Kier molecular flexibility index (Phi) is 3.48. The average Bonchev–Trinajstić information content (AvgIpc) is 2.33. The Balaban J connectivity index is 2.77. The largest absolute Gasteiger partial charge is 0.508 e. The molecule has 0 fully saturated rings. The zero-order chi connectivity index (χ0) is 15.1. The van der Waals surface area contributed by atoms with Crippen LogP contribution in [0.25, 0.3) is 0 Å². The Morgan fingerprint density at radius 2 is 1.60 bits per heavy atom. The highest BCUT2D eigenvalue weighted by Crippen LogP contribution is 2.33. The number of aromatic hydroxyl groups is 2. The fourth-order valence-corrected chi connectivity index (χ4v) is 4.08. The molecule has 0 aromatic heterocycles. The zero-order valence-electron chi connectivity index (χ0n) is 11.5. The lowest BCUT2D eigenvalue weighted by Crippen LogP contribution is -2.07. The van der Waals surface area contributed by atoms with Gasteiger partial charge in [0.05, 0.1) is 9.79 Å². The molecule has 4 nitrogen and oxygen atoms in total. The third-order valence-corrected chi connectivity index (χ3v) is 5.21. The highest BCUT2D eigenvalue weighted by Gasteiger charge is 2.24. The van der Waals surface area contributed by atoms with Crippen molar-refractivity contribution in [2.45, 2.75) is 30.6 Å². The Hall–Kier alpha value is -2.01. The van der Waals surface area contributed by atoms with Gasteiger partial charge < -0.3 is 10.2 Å². The topological polar surface area (TPSA) is 74.6 Å². The van der Waals surface area contributed by atoms with Gasteiger partial charge in [0.2, 0.25) is 9.84 Å². The molecule has 0 aliphatic heterocycles. The monoisotopic (exact) mass is 292 g/mol. The van der Waals surface area contributed by atoms with Crippen LogP contribution in [0.15, 0.2) is 40.1 Å². The van der Waals surface area contributed by atoms with Gasteiger partial charge in [-0.05, 0) is 56.2 Å². The number of aryl methyl sites for hydroxylation is 2. The summed E-state index contributed by atoms with van der Waals surface area (Å²) in [7, 11) is -3.79. The van der Waals surface area contributed by atoms with E-state index >= 15 is 0 Å². The average molecular weight is 292 g/mol. The first-order chi connectivity index (χ1) is 9.23. The van der Waals surface area contributed by atoms with Gasteiger partial charge in [-0.3, -0.25) is 0 Å². The minimum atomic E-state index is -3.79. The summed E-state index contributed by atoms with van der Waals surface area (Å²) in [5.74, 6) is -0.162. The molecule has 2 aromatic rings. The Morgan fingerprint density at radius 1 is 0.950 bits per heavy atom. The molecule has 0 aliphatic carbocycles. The molecule has 0 atom stereocenters. The normalized spacial score (nSPS) is 11.6. The summed E-state index contributed by atoms with van der Waals surface area (Å²) in [4.78, 5) is 0.106. The third kappa shape index (κ3) is 2.36. The fraction of sp³-hybridized carbons (Fsp3) is 0.200. The van der Waals surface area contributed by atoms with Gasteiger partial charge in [0.25, 0.3) is 0 Å². The molecule has 0 unspecified atom stereocenters. The maximum atomic E-state index is 12.7. The van der Waals surface area contributed by atoms with Crippen molar-refractivity contribution in [1.82, 2.24) is 0 Å². The molecule has 0 heterocycles. The van der Waals surface area contributed by atoms with Crippen LogP contribution < -0.4 is 0 Å². The summed E-state index contributed by atoms with van der Waals surface area (Å²) in [5, 5.41) is 19.3. The lowest BCUT2D eigenvalue weighted by Gasteiger charge is -2.13. The Labute approximate surface area is 118 Å². The van der Waals surface area contributed by atoms with Gasteiger partial charge >= 0.3 is 0 Å². The van der Waals surface area contributed by atoms with Crippen molar-refractivity contribution in [3.8, 4) is 11.5 Å². The lowest BCUT2D eigenvalue weighted by atomic mass is 10.1. The van der Waals surface area contributed by atoms with Gasteiger partial charge in [0.15, 0.2) is 0 Å². The van der Waals surface area contributed by atoms with Gasteiger partial charge in [-0.25, -0.2) is 8.42 Å². The summed E-state index contributed by atoms with van der Waals surface area (Å²) in [6.45, 7) is 4.95. The molecule has 2 rings (SSSR count). The van der Waals surface area contributed by atoms with Crippen LogP contribution in [0.1, 0.15) is 16.7 Å². The van der Waals surface area contributed by atoms with Gasteiger partial charge in [-0.15, -0.1) is 0 Å². The van der Waals surface area contributed by atoms with Gasteiger partial charge in [-0.2, -0.15) is 0 Å². The van der Waals surface area contributed by atoms with Crippen molar-refractivity contribution in [2.75, 3.05) is 0 Å². The standard InChI is InChI=1S/C15H16O4S/c1-9-6-12(16)8-13(7-9)20(18,19)15-10(2)4-5-14(17)11(15)3/h4-8,16-17H,1-3H3. The predicted molar refractivity (Wildman–Crippen MR) is 75.9 cm³/mol. The smallest absolute Gasteiger partial charge is 0.207 e. The third-order valence-electron chi connectivity index (χ3n) is 3.19. The second kappa shape index (κ2) is 4.83. The molecule has 0 spiro atoms. The van der Waals surface area contributed by atoms with E-state index in [1.807, 2.05) is 0 Å². The van der Waals surface area contributed by atoms with Crippen LogP contribution in [0.2, 0.25) is 0 Å². The minimum absolute atomic E-state index is 0.0202. The molecule has 2 N–H and O–H groups in total. The molecule has 106 valence electrons. The van der Waals surface area contributed by atoms with E-state index in [1.54, 1.807) is 26.8 Å². The number of phenols is 2. The molecule has 0 amide bonds. The van der Waals surface area contributed by atoms with Crippen LogP contribution in [0.4, 0.5) is 0 Å². The van der Waals surface area contributed by atoms with Crippen molar-refractivity contribution in [3.05, 3.63) is 47.0 Å². The van der Waals surface area contributed by atoms with Crippen molar-refractivity contribution in [1.29, 1.82) is 0 Å². The second-order valence-electron chi connectivity index (χ2n) is 4.86. The number of phenolic OH excluding ortho intramolecular Hbond substituents is 2. The maximum Gasteiger partial charge on any atom is 0.207 e. The SMILES string of the molecule is Cc1cc(O)cc(S(=O)(=O)c2c(C)ccc(O)c2C)c1. The van der Waals surface area contributed by atoms with E-state index in [0.717, 1.165) is 0 Å². The van der Waals surface area contributed by atoms with E-state index < -0.39 is 9.84 Å². The lowest BCUT2D eigenvalue weighted by molar-refractivity contribution is 0.468. The van der Waals surface area contributed by atoms with Crippen molar-refractivity contribution in [3.63, 3.8) is 0 Å². The van der Waals surface area contributed by atoms with E-state index in [0.29, 0.717) is 16.7 Å². The maximum absolute atomic E-state index is 12.7. The van der Waals surface area contributed by atoms with E-state index in [9.17, 15) is 18.6 Å². The van der Waals surface area contributed by atoms with Crippen molar-refractivity contribution in [2.24, 2.45) is 0 Å². The molecule has 0 bridgehead atoms. The first-order valence-electron chi connectivity index (χ1n) is 6.08. The van der Waals surface area contributed by atoms with Crippen molar-refractivity contribution >= 4 is 9.84 Å². The van der Waals surface area contributed by atoms with E-state index in [4.69, 9.17) is 0 Å². The van der Waals surface area contributed by atoms with Gasteiger partial charge in [-0.1, -0.05) is 6.07 Å². The summed E-state index contributed by atoms with van der Waals surface area (Å²) in [6, 6.07) is 7.23. The molecule has 0 saturated heterocycles. The molecular formula is C15H16O4S.